The molecule has 0 aliphatic heterocycles. The number of hydrogen-bond donors (Lipinski definition) is 1. The maximum absolute atomic E-state index is 12.5. The molecule has 2 rings (SSSR count). The first kappa shape index (κ1) is 24.8. The summed E-state index contributed by atoms with van der Waals surface area (Å²) in [4.78, 5) is 26.1. The SMILES string of the molecule is CCN(CC)S(=O)(=O)c1ccc(CCC(=O)N(C)CC(=O)Nc2ccccc2Cl)cc1. The van der Waals surface area contributed by atoms with Crippen LogP contribution in [0.15, 0.2) is 53.4 Å². The van der Waals surface area contributed by atoms with Gasteiger partial charge in [0.25, 0.3) is 0 Å². The number of amides is 2. The van der Waals surface area contributed by atoms with E-state index in [4.69, 9.17) is 11.6 Å². The van der Waals surface area contributed by atoms with Crippen molar-refractivity contribution in [1.29, 1.82) is 0 Å². The van der Waals surface area contributed by atoms with E-state index >= 15 is 0 Å². The van der Waals surface area contributed by atoms with Crippen LogP contribution in [0.25, 0.3) is 0 Å². The molecular weight excluding hydrogens is 438 g/mol. The Morgan fingerprint density at radius 3 is 2.19 bits per heavy atom. The summed E-state index contributed by atoms with van der Waals surface area (Å²) in [5, 5.41) is 3.11. The highest BCUT2D eigenvalue weighted by atomic mass is 35.5. The normalized spacial score (nSPS) is 11.4. The first-order valence-electron chi connectivity index (χ1n) is 10.1. The molecule has 1 N–H and O–H groups in total. The van der Waals surface area contributed by atoms with Gasteiger partial charge in [-0.25, -0.2) is 8.42 Å². The van der Waals surface area contributed by atoms with Crippen molar-refractivity contribution in [1.82, 2.24) is 9.21 Å². The third-order valence-electron chi connectivity index (χ3n) is 4.85. The molecule has 0 fully saturated rings. The molecule has 0 atom stereocenters. The number of anilines is 1. The van der Waals surface area contributed by atoms with Crippen molar-refractivity contribution in [2.24, 2.45) is 0 Å². The fourth-order valence-electron chi connectivity index (χ4n) is 3.04. The minimum atomic E-state index is -3.50. The van der Waals surface area contributed by atoms with E-state index < -0.39 is 10.0 Å². The van der Waals surface area contributed by atoms with Crippen LogP contribution in [0.4, 0.5) is 5.69 Å². The van der Waals surface area contributed by atoms with Gasteiger partial charge in [-0.3, -0.25) is 9.59 Å². The first-order valence-corrected chi connectivity index (χ1v) is 11.9. The Bertz CT molecular complexity index is 1010. The monoisotopic (exact) mass is 465 g/mol. The molecule has 0 unspecified atom stereocenters. The summed E-state index contributed by atoms with van der Waals surface area (Å²) in [6, 6.07) is 13.4. The fraction of sp³-hybridized carbons (Fsp3) is 0.364. The van der Waals surface area contributed by atoms with E-state index in [0.29, 0.717) is 30.2 Å². The molecule has 0 aliphatic rings. The van der Waals surface area contributed by atoms with Crippen LogP contribution in [0.2, 0.25) is 5.02 Å². The number of nitrogens with zero attached hydrogens (tertiary/aromatic N) is 2. The Morgan fingerprint density at radius 2 is 1.61 bits per heavy atom. The number of rotatable bonds is 10. The Morgan fingerprint density at radius 1 is 1.00 bits per heavy atom. The van der Waals surface area contributed by atoms with Crippen molar-refractivity contribution in [3.8, 4) is 0 Å². The van der Waals surface area contributed by atoms with Gasteiger partial charge in [0, 0.05) is 26.6 Å². The molecule has 0 bridgehead atoms. The second kappa shape index (κ2) is 11.3. The van der Waals surface area contributed by atoms with Crippen LogP contribution < -0.4 is 5.32 Å². The van der Waals surface area contributed by atoms with Crippen LogP contribution in [0, 0.1) is 0 Å². The van der Waals surface area contributed by atoms with Gasteiger partial charge in [-0.2, -0.15) is 4.31 Å². The number of aryl methyl sites for hydroxylation is 1. The zero-order chi connectivity index (χ0) is 23.0. The molecule has 31 heavy (non-hydrogen) atoms. The molecule has 2 aromatic carbocycles. The number of hydrogen-bond acceptors (Lipinski definition) is 4. The van der Waals surface area contributed by atoms with Crippen molar-refractivity contribution in [3.63, 3.8) is 0 Å². The van der Waals surface area contributed by atoms with Crippen LogP contribution in [-0.2, 0) is 26.0 Å². The smallest absolute Gasteiger partial charge is 0.244 e. The molecular formula is C22H28ClN3O4S. The van der Waals surface area contributed by atoms with E-state index in [1.807, 2.05) is 0 Å². The Hall–Kier alpha value is -2.42. The van der Waals surface area contributed by atoms with E-state index in [1.54, 1.807) is 69.4 Å². The summed E-state index contributed by atoms with van der Waals surface area (Å²) in [6.45, 7) is 4.32. The molecule has 7 nitrogen and oxygen atoms in total. The second-order valence-electron chi connectivity index (χ2n) is 7.01. The number of benzene rings is 2. The Labute approximate surface area is 189 Å². The minimum absolute atomic E-state index is 0.0922. The molecule has 0 saturated heterocycles. The van der Waals surface area contributed by atoms with Gasteiger partial charge in [-0.05, 0) is 36.2 Å². The van der Waals surface area contributed by atoms with Gasteiger partial charge >= 0.3 is 0 Å². The number of nitrogens with one attached hydrogen (secondary N) is 1. The lowest BCUT2D eigenvalue weighted by Crippen LogP contribution is -2.35. The molecule has 9 heteroatoms. The number of likely N-dealkylation sites (N-methyl/N-ethyl adjacent to an activating group) is 1. The average molecular weight is 466 g/mol. The summed E-state index contributed by atoms with van der Waals surface area (Å²) in [5.74, 6) is -0.524. The van der Waals surface area contributed by atoms with Crippen molar-refractivity contribution in [2.45, 2.75) is 31.6 Å². The zero-order valence-corrected chi connectivity index (χ0v) is 19.5. The van der Waals surface area contributed by atoms with Gasteiger partial charge in [0.15, 0.2) is 0 Å². The number of para-hydroxylation sites is 1. The summed E-state index contributed by atoms with van der Waals surface area (Å²) >= 11 is 6.02. The highest BCUT2D eigenvalue weighted by Crippen LogP contribution is 2.20. The lowest BCUT2D eigenvalue weighted by atomic mass is 10.1. The van der Waals surface area contributed by atoms with E-state index in [9.17, 15) is 18.0 Å². The predicted octanol–water partition coefficient (Wildman–Crippen LogP) is 3.40. The number of halogens is 1. The number of carbonyl (C=O) groups excluding carboxylic acids is 2. The second-order valence-corrected chi connectivity index (χ2v) is 9.36. The molecule has 2 amide bonds. The fourth-order valence-corrected chi connectivity index (χ4v) is 4.68. The standard InChI is InChI=1S/C22H28ClN3O4S/c1-4-26(5-2)31(29,30)18-13-10-17(11-14-18)12-15-22(28)25(3)16-21(27)24-20-9-7-6-8-19(20)23/h6-11,13-14H,4-5,12,15-16H2,1-3H3,(H,24,27). The number of carbonyl (C=O) groups is 2. The van der Waals surface area contributed by atoms with Crippen molar-refractivity contribution in [2.75, 3.05) is 32.0 Å². The molecule has 0 aromatic heterocycles. The number of sulfonamides is 1. The third kappa shape index (κ3) is 6.78. The minimum Gasteiger partial charge on any atom is -0.336 e. The van der Waals surface area contributed by atoms with Crippen LogP contribution >= 0.6 is 11.6 Å². The predicted molar refractivity (Wildman–Crippen MR) is 123 cm³/mol. The molecule has 0 spiro atoms. The molecule has 0 aliphatic carbocycles. The van der Waals surface area contributed by atoms with Crippen molar-refractivity contribution < 1.29 is 18.0 Å². The summed E-state index contributed by atoms with van der Waals surface area (Å²) in [5.41, 5.74) is 1.34. The molecule has 2 aromatic rings. The van der Waals surface area contributed by atoms with Gasteiger partial charge in [0.2, 0.25) is 21.8 Å². The van der Waals surface area contributed by atoms with Crippen LogP contribution in [0.5, 0.6) is 0 Å². The highest BCUT2D eigenvalue weighted by molar-refractivity contribution is 7.89. The van der Waals surface area contributed by atoms with Crippen LogP contribution in [0.3, 0.4) is 0 Å². The molecule has 0 saturated carbocycles. The Balaban J connectivity index is 1.89. The topological polar surface area (TPSA) is 86.8 Å². The van der Waals surface area contributed by atoms with Gasteiger partial charge in [-0.15, -0.1) is 0 Å². The summed E-state index contributed by atoms with van der Waals surface area (Å²) < 4.78 is 26.5. The van der Waals surface area contributed by atoms with E-state index in [-0.39, 0.29) is 29.7 Å². The van der Waals surface area contributed by atoms with Crippen LogP contribution in [-0.4, -0.2) is 56.1 Å². The van der Waals surface area contributed by atoms with Gasteiger partial charge in [-0.1, -0.05) is 49.7 Å². The van der Waals surface area contributed by atoms with E-state index in [2.05, 4.69) is 5.32 Å². The highest BCUT2D eigenvalue weighted by Gasteiger charge is 2.21. The Kier molecular flexibility index (Phi) is 9.03. The van der Waals surface area contributed by atoms with E-state index in [1.165, 1.54) is 9.21 Å². The summed E-state index contributed by atoms with van der Waals surface area (Å²) in [6.07, 6.45) is 0.652. The van der Waals surface area contributed by atoms with Crippen molar-refractivity contribution >= 4 is 39.1 Å². The largest absolute Gasteiger partial charge is 0.336 e. The van der Waals surface area contributed by atoms with Gasteiger partial charge in [0.05, 0.1) is 22.2 Å². The van der Waals surface area contributed by atoms with Gasteiger partial charge < -0.3 is 10.2 Å². The zero-order valence-electron chi connectivity index (χ0n) is 18.0. The summed E-state index contributed by atoms with van der Waals surface area (Å²) in [7, 11) is -1.94. The van der Waals surface area contributed by atoms with Crippen LogP contribution in [0.1, 0.15) is 25.8 Å². The maximum Gasteiger partial charge on any atom is 0.244 e. The van der Waals surface area contributed by atoms with Gasteiger partial charge in [0.1, 0.15) is 0 Å². The quantitative estimate of drug-likeness (QED) is 0.582. The van der Waals surface area contributed by atoms with Crippen molar-refractivity contribution in [3.05, 3.63) is 59.1 Å². The lowest BCUT2D eigenvalue weighted by Gasteiger charge is -2.19. The molecule has 168 valence electrons. The lowest BCUT2D eigenvalue weighted by molar-refractivity contribution is -0.133. The third-order valence-corrected chi connectivity index (χ3v) is 7.24. The van der Waals surface area contributed by atoms with E-state index in [0.717, 1.165) is 5.56 Å². The maximum atomic E-state index is 12.5. The average Bonchev–Trinajstić information content (AvgIpc) is 2.74. The molecule has 0 heterocycles. The molecule has 0 radical (unpaired) electrons. The first-order chi connectivity index (χ1) is 14.7.